The Morgan fingerprint density at radius 1 is 0.957 bits per heavy atom. The van der Waals surface area contributed by atoms with Crippen molar-refractivity contribution >= 4 is 40.6 Å². The second-order valence-corrected chi connectivity index (χ2v) is 12.1. The van der Waals surface area contributed by atoms with Gasteiger partial charge >= 0.3 is 5.97 Å². The smallest absolute Gasteiger partial charge is 0.308 e. The van der Waals surface area contributed by atoms with E-state index in [1.165, 1.54) is 7.11 Å². The number of aliphatic carboxylic acids is 1. The summed E-state index contributed by atoms with van der Waals surface area (Å²) in [6.07, 6.45) is 0.0758. The van der Waals surface area contributed by atoms with Gasteiger partial charge in [-0.2, -0.15) is 0 Å². The topological polar surface area (TPSA) is 158 Å². The molecule has 12 nitrogen and oxygen atoms in total. The van der Waals surface area contributed by atoms with Crippen LogP contribution >= 0.6 is 0 Å². The Morgan fingerprint density at radius 2 is 1.70 bits per heavy atom. The molecule has 4 atom stereocenters. The first-order chi connectivity index (χ1) is 22.8. The lowest BCUT2D eigenvalue weighted by molar-refractivity contribution is -0.146. The molecule has 47 heavy (non-hydrogen) atoms. The van der Waals surface area contributed by atoms with Crippen LogP contribution < -0.4 is 26.0 Å². The van der Waals surface area contributed by atoms with Crippen molar-refractivity contribution < 1.29 is 33.8 Å². The predicted molar refractivity (Wildman–Crippen MR) is 176 cm³/mol. The van der Waals surface area contributed by atoms with E-state index in [0.717, 1.165) is 16.8 Å². The quantitative estimate of drug-likeness (QED) is 0.211. The van der Waals surface area contributed by atoms with Gasteiger partial charge in [-0.25, -0.2) is 0 Å². The van der Waals surface area contributed by atoms with Crippen molar-refractivity contribution in [3.63, 3.8) is 0 Å². The first-order valence-electron chi connectivity index (χ1n) is 15.8. The molecule has 12 heteroatoms. The summed E-state index contributed by atoms with van der Waals surface area (Å²) in [6.45, 7) is 3.22. The van der Waals surface area contributed by atoms with Crippen molar-refractivity contribution in [2.24, 2.45) is 11.8 Å². The number of carbonyl (C=O) groups excluding carboxylic acids is 3. The number of carboxylic acid groups (broad SMARTS) is 1. The minimum absolute atomic E-state index is 0.0758. The number of nitrogens with one attached hydrogen (secondary N) is 4. The number of carbonyl (C=O) groups is 4. The first kappa shape index (κ1) is 32.2. The molecule has 0 spiro atoms. The van der Waals surface area contributed by atoms with Gasteiger partial charge in [-0.1, -0.05) is 36.4 Å². The van der Waals surface area contributed by atoms with Crippen LogP contribution in [0.4, 0.5) is 17.1 Å². The van der Waals surface area contributed by atoms with Crippen molar-refractivity contribution in [2.45, 2.75) is 18.4 Å². The molecule has 0 radical (unpaired) electrons. The number of rotatable bonds is 11. The molecule has 4 unspecified atom stereocenters. The summed E-state index contributed by atoms with van der Waals surface area (Å²) < 4.78 is 11.0. The van der Waals surface area contributed by atoms with Crippen molar-refractivity contribution in [3.8, 4) is 5.75 Å². The van der Waals surface area contributed by atoms with Gasteiger partial charge in [0.1, 0.15) is 5.75 Å². The predicted octanol–water partition coefficient (Wildman–Crippen LogP) is 2.89. The third-order valence-corrected chi connectivity index (χ3v) is 9.13. The van der Waals surface area contributed by atoms with Crippen LogP contribution in [0.5, 0.6) is 5.75 Å². The van der Waals surface area contributed by atoms with Crippen LogP contribution in [0.1, 0.15) is 28.7 Å². The van der Waals surface area contributed by atoms with Gasteiger partial charge in [0, 0.05) is 50.0 Å². The molecule has 3 heterocycles. The van der Waals surface area contributed by atoms with Gasteiger partial charge in [-0.3, -0.25) is 24.1 Å². The molecule has 0 aliphatic carbocycles. The van der Waals surface area contributed by atoms with Crippen LogP contribution in [-0.4, -0.2) is 86.6 Å². The number of benzene rings is 3. The molecule has 3 aliphatic heterocycles. The summed E-state index contributed by atoms with van der Waals surface area (Å²) in [5.74, 6) is -2.76. The lowest BCUT2D eigenvalue weighted by atomic mass is 9.85. The molecule has 5 N–H and O–H groups in total. The number of anilines is 3. The largest absolute Gasteiger partial charge is 0.495 e. The molecule has 3 aromatic rings. The number of ketones is 1. The third kappa shape index (κ3) is 7.14. The van der Waals surface area contributed by atoms with Crippen LogP contribution in [0, 0.1) is 11.8 Å². The fraction of sp³-hybridized carbons (Fsp3) is 0.371. The monoisotopic (exact) mass is 641 g/mol. The number of hydrogen-bond acceptors (Lipinski definition) is 9. The molecule has 0 saturated carbocycles. The van der Waals surface area contributed by atoms with E-state index in [1.807, 2.05) is 41.3 Å². The summed E-state index contributed by atoms with van der Waals surface area (Å²) >= 11 is 0. The van der Waals surface area contributed by atoms with Gasteiger partial charge in [0.05, 0.1) is 50.3 Å². The van der Waals surface area contributed by atoms with Crippen molar-refractivity contribution in [3.05, 3.63) is 83.4 Å². The summed E-state index contributed by atoms with van der Waals surface area (Å²) in [4.78, 5) is 53.8. The number of methoxy groups -OCH3 is 1. The number of morpholine rings is 1. The average Bonchev–Trinajstić information content (AvgIpc) is 3.75. The number of nitrogens with zero attached hydrogens (tertiary/aromatic N) is 1. The maximum absolute atomic E-state index is 13.8. The zero-order chi connectivity index (χ0) is 32.9. The zero-order valence-corrected chi connectivity index (χ0v) is 26.2. The highest BCUT2D eigenvalue weighted by molar-refractivity contribution is 5.99. The molecule has 3 aromatic carbocycles. The van der Waals surface area contributed by atoms with E-state index in [1.54, 1.807) is 30.3 Å². The highest BCUT2D eigenvalue weighted by atomic mass is 16.5. The number of para-hydroxylation sites is 1. The highest BCUT2D eigenvalue weighted by Crippen LogP contribution is 2.34. The lowest BCUT2D eigenvalue weighted by Gasteiger charge is -2.35. The first-order valence-corrected chi connectivity index (χ1v) is 15.8. The van der Waals surface area contributed by atoms with Crippen LogP contribution in [-0.2, 0) is 30.3 Å². The standard InChI is InChI=1S/C35H39N5O7/c1-46-30-16-21(6-11-29(30)39-34(43)26-20-37-28-5-3-2-4-24(26)28)17-31(41)38-23-9-7-22(8-10-23)32(40-12-14-47-15-13-40)33(42)25-18-36-19-27(25)35(44)45/h2-11,16,25-27,32,36-37H,12-15,17-20H2,1H3,(H,38,41)(H,39,43)(H,44,45). The van der Waals surface area contributed by atoms with Gasteiger partial charge in [0.2, 0.25) is 11.8 Å². The molecule has 6 rings (SSSR count). The van der Waals surface area contributed by atoms with Gasteiger partial charge in [-0.05, 0) is 47.0 Å². The van der Waals surface area contributed by atoms with Crippen LogP contribution in [0.2, 0.25) is 0 Å². The summed E-state index contributed by atoms with van der Waals surface area (Å²) in [5, 5.41) is 21.9. The van der Waals surface area contributed by atoms with E-state index in [2.05, 4.69) is 21.3 Å². The van der Waals surface area contributed by atoms with Crippen molar-refractivity contribution in [1.82, 2.24) is 10.2 Å². The lowest BCUT2D eigenvalue weighted by Crippen LogP contribution is -2.45. The van der Waals surface area contributed by atoms with Crippen molar-refractivity contribution in [1.29, 1.82) is 0 Å². The van der Waals surface area contributed by atoms with E-state index in [4.69, 9.17) is 9.47 Å². The highest BCUT2D eigenvalue weighted by Gasteiger charge is 2.42. The van der Waals surface area contributed by atoms with Crippen LogP contribution in [0.25, 0.3) is 0 Å². The molecule has 2 fully saturated rings. The fourth-order valence-corrected chi connectivity index (χ4v) is 6.66. The van der Waals surface area contributed by atoms with Gasteiger partial charge in [0.15, 0.2) is 5.78 Å². The Hall–Kier alpha value is -4.78. The summed E-state index contributed by atoms with van der Waals surface area (Å²) in [5.41, 5.74) is 4.44. The zero-order valence-electron chi connectivity index (χ0n) is 26.2. The Bertz CT molecular complexity index is 1640. The number of amides is 2. The SMILES string of the molecule is COc1cc(CC(=O)Nc2ccc(C(C(=O)C3CNCC3C(=O)O)N3CCOCC3)cc2)ccc1NC(=O)C1CNc2ccccc21. The number of ether oxygens (including phenoxy) is 2. The maximum atomic E-state index is 13.8. The molecule has 2 saturated heterocycles. The van der Waals surface area contributed by atoms with Gasteiger partial charge in [-0.15, -0.1) is 0 Å². The number of Topliss-reactive ketones (excluding diaryl/α,β-unsaturated/α-hetero) is 1. The number of carboxylic acids is 1. The minimum atomic E-state index is -0.975. The fourth-order valence-electron chi connectivity index (χ4n) is 6.66. The van der Waals surface area contributed by atoms with Crippen LogP contribution in [0.3, 0.4) is 0 Å². The molecule has 2 amide bonds. The minimum Gasteiger partial charge on any atom is -0.495 e. The van der Waals surface area contributed by atoms with Crippen molar-refractivity contribution in [2.75, 3.05) is 69.0 Å². The Labute approximate surface area is 272 Å². The Kier molecular flexibility index (Phi) is 9.81. The molecular formula is C35H39N5O7. The second-order valence-electron chi connectivity index (χ2n) is 12.1. The van der Waals surface area contributed by atoms with E-state index in [-0.39, 0.29) is 36.5 Å². The van der Waals surface area contributed by atoms with Gasteiger partial charge < -0.3 is 35.8 Å². The number of fused-ring (bicyclic) bond motifs is 1. The summed E-state index contributed by atoms with van der Waals surface area (Å²) in [7, 11) is 1.52. The van der Waals surface area contributed by atoms with E-state index in [9.17, 15) is 24.3 Å². The average molecular weight is 642 g/mol. The molecule has 0 aromatic heterocycles. The Morgan fingerprint density at radius 3 is 2.45 bits per heavy atom. The molecular weight excluding hydrogens is 602 g/mol. The van der Waals surface area contributed by atoms with E-state index >= 15 is 0 Å². The number of hydrogen-bond donors (Lipinski definition) is 5. The van der Waals surface area contributed by atoms with Crippen LogP contribution in [0.15, 0.2) is 66.7 Å². The van der Waals surface area contributed by atoms with Gasteiger partial charge in [0.25, 0.3) is 0 Å². The maximum Gasteiger partial charge on any atom is 0.308 e. The summed E-state index contributed by atoms with van der Waals surface area (Å²) in [6, 6.07) is 19.5. The van der Waals surface area contributed by atoms with E-state index in [0.29, 0.717) is 62.1 Å². The molecule has 3 aliphatic rings. The normalized spacial score (nSPS) is 21.3. The second kappa shape index (κ2) is 14.3. The third-order valence-electron chi connectivity index (χ3n) is 9.13. The molecule has 246 valence electrons. The van der Waals surface area contributed by atoms with E-state index < -0.39 is 23.8 Å². The molecule has 0 bridgehead atoms. The Balaban J connectivity index is 1.10.